The first kappa shape index (κ1) is 11.5. The fraction of sp³-hybridized carbons (Fsp3) is 0.455. The van der Waals surface area contributed by atoms with E-state index < -0.39 is 11.9 Å². The molecule has 90 valence electrons. The van der Waals surface area contributed by atoms with Gasteiger partial charge in [-0.1, -0.05) is 12.2 Å². The number of carboxylic acid groups (broad SMARTS) is 1. The lowest BCUT2D eigenvalue weighted by Crippen LogP contribution is -2.20. The SMILES string of the molecule is Cc1nnc(NC2C=CC(C(=O)O)C2)nc1C. The molecule has 0 saturated carbocycles. The van der Waals surface area contributed by atoms with Crippen molar-refractivity contribution in [3.8, 4) is 0 Å². The van der Waals surface area contributed by atoms with Crippen LogP contribution in [0.4, 0.5) is 5.95 Å². The van der Waals surface area contributed by atoms with Gasteiger partial charge in [0.05, 0.1) is 17.3 Å². The molecule has 2 unspecified atom stereocenters. The number of aryl methyl sites for hydroxylation is 2. The monoisotopic (exact) mass is 234 g/mol. The quantitative estimate of drug-likeness (QED) is 0.756. The third-order valence-corrected chi connectivity index (χ3v) is 2.81. The second-order valence-electron chi connectivity index (χ2n) is 4.12. The first-order chi connectivity index (χ1) is 8.06. The normalized spacial score (nSPS) is 22.7. The summed E-state index contributed by atoms with van der Waals surface area (Å²) in [6.45, 7) is 3.70. The molecule has 6 nitrogen and oxygen atoms in total. The minimum absolute atomic E-state index is 0.0417. The molecule has 2 N–H and O–H groups in total. The minimum atomic E-state index is -0.801. The van der Waals surface area contributed by atoms with Crippen LogP contribution in [0, 0.1) is 19.8 Å². The highest BCUT2D eigenvalue weighted by Crippen LogP contribution is 2.20. The number of carbonyl (C=O) groups is 1. The summed E-state index contributed by atoms with van der Waals surface area (Å²) in [5.74, 6) is -0.787. The maximum atomic E-state index is 10.8. The predicted octanol–water partition coefficient (Wildman–Crippen LogP) is 0.930. The van der Waals surface area contributed by atoms with Crippen LogP contribution in [0.1, 0.15) is 17.8 Å². The van der Waals surface area contributed by atoms with Gasteiger partial charge in [0, 0.05) is 6.04 Å². The van der Waals surface area contributed by atoms with E-state index in [0.29, 0.717) is 12.4 Å². The van der Waals surface area contributed by atoms with Crippen molar-refractivity contribution in [2.24, 2.45) is 5.92 Å². The fourth-order valence-corrected chi connectivity index (χ4v) is 1.67. The van der Waals surface area contributed by atoms with Crippen molar-refractivity contribution in [1.29, 1.82) is 0 Å². The van der Waals surface area contributed by atoms with E-state index in [1.165, 1.54) is 0 Å². The summed E-state index contributed by atoms with van der Waals surface area (Å²) in [7, 11) is 0. The van der Waals surface area contributed by atoms with Gasteiger partial charge in [0.25, 0.3) is 0 Å². The van der Waals surface area contributed by atoms with Crippen LogP contribution in [-0.2, 0) is 4.79 Å². The molecular formula is C11H14N4O2. The predicted molar refractivity (Wildman–Crippen MR) is 61.6 cm³/mol. The van der Waals surface area contributed by atoms with Crippen LogP contribution >= 0.6 is 0 Å². The molecule has 0 saturated heterocycles. The second-order valence-corrected chi connectivity index (χ2v) is 4.12. The molecule has 0 radical (unpaired) electrons. The van der Waals surface area contributed by atoms with E-state index in [9.17, 15) is 4.79 Å². The van der Waals surface area contributed by atoms with Crippen molar-refractivity contribution in [1.82, 2.24) is 15.2 Å². The Hall–Kier alpha value is -1.98. The number of rotatable bonds is 3. The minimum Gasteiger partial charge on any atom is -0.481 e. The third-order valence-electron chi connectivity index (χ3n) is 2.81. The number of nitrogens with one attached hydrogen (secondary N) is 1. The Morgan fingerprint density at radius 1 is 1.35 bits per heavy atom. The van der Waals surface area contributed by atoms with Crippen LogP contribution in [0.5, 0.6) is 0 Å². The summed E-state index contributed by atoms with van der Waals surface area (Å²) in [4.78, 5) is 15.0. The van der Waals surface area contributed by atoms with Crippen molar-refractivity contribution in [2.45, 2.75) is 26.3 Å². The maximum absolute atomic E-state index is 10.8. The second kappa shape index (κ2) is 4.48. The average molecular weight is 234 g/mol. The summed E-state index contributed by atoms with van der Waals surface area (Å²) in [6.07, 6.45) is 4.04. The highest BCUT2D eigenvalue weighted by atomic mass is 16.4. The van der Waals surface area contributed by atoms with E-state index in [1.807, 2.05) is 19.9 Å². The standard InChI is InChI=1S/C11H14N4O2/c1-6-7(2)14-15-11(12-6)13-9-4-3-8(5-9)10(16)17/h3-4,8-9H,5H2,1-2H3,(H,16,17)(H,12,13,15). The summed E-state index contributed by atoms with van der Waals surface area (Å²) in [6, 6.07) is -0.0417. The molecule has 0 aliphatic heterocycles. The van der Waals surface area contributed by atoms with Crippen molar-refractivity contribution in [2.75, 3.05) is 5.32 Å². The summed E-state index contributed by atoms with van der Waals surface area (Å²) >= 11 is 0. The Morgan fingerprint density at radius 2 is 2.12 bits per heavy atom. The zero-order valence-electron chi connectivity index (χ0n) is 9.71. The van der Waals surface area contributed by atoms with Gasteiger partial charge in [-0.05, 0) is 20.3 Å². The van der Waals surface area contributed by atoms with Crippen LogP contribution < -0.4 is 5.32 Å². The van der Waals surface area contributed by atoms with Crippen LogP contribution in [0.3, 0.4) is 0 Å². The number of nitrogens with zero attached hydrogens (tertiary/aromatic N) is 3. The highest BCUT2D eigenvalue weighted by molar-refractivity contribution is 5.73. The maximum Gasteiger partial charge on any atom is 0.310 e. The van der Waals surface area contributed by atoms with E-state index in [4.69, 9.17) is 5.11 Å². The number of hydrogen-bond donors (Lipinski definition) is 2. The van der Waals surface area contributed by atoms with Gasteiger partial charge in [-0.15, -0.1) is 5.10 Å². The molecule has 2 atom stereocenters. The molecule has 0 aromatic carbocycles. The van der Waals surface area contributed by atoms with Gasteiger partial charge in [0.2, 0.25) is 5.95 Å². The number of anilines is 1. The molecule has 0 bridgehead atoms. The van der Waals surface area contributed by atoms with E-state index in [0.717, 1.165) is 11.4 Å². The zero-order valence-corrected chi connectivity index (χ0v) is 9.71. The van der Waals surface area contributed by atoms with Gasteiger partial charge in [0.15, 0.2) is 0 Å². The topological polar surface area (TPSA) is 88.0 Å². The average Bonchev–Trinajstić information content (AvgIpc) is 2.72. The Labute approximate surface area is 98.8 Å². The van der Waals surface area contributed by atoms with Crippen molar-refractivity contribution in [3.63, 3.8) is 0 Å². The summed E-state index contributed by atoms with van der Waals surface area (Å²) < 4.78 is 0. The van der Waals surface area contributed by atoms with E-state index in [-0.39, 0.29) is 6.04 Å². The Balaban J connectivity index is 2.01. The highest BCUT2D eigenvalue weighted by Gasteiger charge is 2.24. The van der Waals surface area contributed by atoms with Gasteiger partial charge in [-0.2, -0.15) is 5.10 Å². The smallest absolute Gasteiger partial charge is 0.310 e. The van der Waals surface area contributed by atoms with Crippen LogP contribution in [0.25, 0.3) is 0 Å². The van der Waals surface area contributed by atoms with Gasteiger partial charge in [-0.3, -0.25) is 4.79 Å². The van der Waals surface area contributed by atoms with Gasteiger partial charge < -0.3 is 10.4 Å². The Morgan fingerprint density at radius 3 is 2.71 bits per heavy atom. The van der Waals surface area contributed by atoms with Crippen LogP contribution in [0.15, 0.2) is 12.2 Å². The van der Waals surface area contributed by atoms with E-state index >= 15 is 0 Å². The lowest BCUT2D eigenvalue weighted by molar-refractivity contribution is -0.140. The Bertz CT molecular complexity index is 473. The molecule has 1 aliphatic rings. The van der Waals surface area contributed by atoms with Gasteiger partial charge in [-0.25, -0.2) is 4.98 Å². The third kappa shape index (κ3) is 2.58. The molecule has 0 amide bonds. The molecule has 0 spiro atoms. The first-order valence-corrected chi connectivity index (χ1v) is 5.42. The lowest BCUT2D eigenvalue weighted by atomic mass is 10.1. The molecular weight excluding hydrogens is 220 g/mol. The van der Waals surface area contributed by atoms with Crippen LogP contribution in [-0.4, -0.2) is 32.3 Å². The first-order valence-electron chi connectivity index (χ1n) is 5.42. The molecule has 1 aromatic heterocycles. The molecule has 1 aliphatic carbocycles. The van der Waals surface area contributed by atoms with Gasteiger partial charge in [0.1, 0.15) is 0 Å². The van der Waals surface area contributed by atoms with Crippen molar-refractivity contribution in [3.05, 3.63) is 23.5 Å². The molecule has 1 aromatic rings. The number of aromatic nitrogens is 3. The molecule has 0 fully saturated rings. The van der Waals surface area contributed by atoms with Crippen LogP contribution in [0.2, 0.25) is 0 Å². The number of aliphatic carboxylic acids is 1. The largest absolute Gasteiger partial charge is 0.481 e. The van der Waals surface area contributed by atoms with E-state index in [1.54, 1.807) is 6.08 Å². The summed E-state index contributed by atoms with van der Waals surface area (Å²) in [5.41, 5.74) is 1.61. The lowest BCUT2D eigenvalue weighted by Gasteiger charge is -2.11. The zero-order chi connectivity index (χ0) is 12.4. The number of carboxylic acids is 1. The molecule has 6 heteroatoms. The Kier molecular flexibility index (Phi) is 3.03. The van der Waals surface area contributed by atoms with Crippen molar-refractivity contribution < 1.29 is 9.90 Å². The molecule has 2 rings (SSSR count). The molecule has 1 heterocycles. The van der Waals surface area contributed by atoms with Gasteiger partial charge >= 0.3 is 5.97 Å². The van der Waals surface area contributed by atoms with Crippen molar-refractivity contribution >= 4 is 11.9 Å². The number of hydrogen-bond acceptors (Lipinski definition) is 5. The summed E-state index contributed by atoms with van der Waals surface area (Å²) in [5, 5.41) is 19.8. The molecule has 17 heavy (non-hydrogen) atoms. The fourth-order valence-electron chi connectivity index (χ4n) is 1.67. The van der Waals surface area contributed by atoms with E-state index in [2.05, 4.69) is 20.5 Å².